The van der Waals surface area contributed by atoms with Crippen LogP contribution >= 0.6 is 0 Å². The van der Waals surface area contributed by atoms with E-state index in [2.05, 4.69) is 4.98 Å². The summed E-state index contributed by atoms with van der Waals surface area (Å²) in [6, 6.07) is 8.03. The SMILES string of the molecule is [2H]c1cc(Oc2cccnc2)ccc1C(N)=O. The van der Waals surface area contributed by atoms with Gasteiger partial charge in [0.05, 0.1) is 7.57 Å². The lowest BCUT2D eigenvalue weighted by Gasteiger charge is -2.04. The van der Waals surface area contributed by atoms with Gasteiger partial charge in [-0.3, -0.25) is 9.78 Å². The Morgan fingerprint density at radius 3 is 2.81 bits per heavy atom. The molecule has 80 valence electrons. The number of hydrogen-bond acceptors (Lipinski definition) is 3. The maximum Gasteiger partial charge on any atom is 0.248 e. The van der Waals surface area contributed by atoms with Gasteiger partial charge in [-0.05, 0) is 36.4 Å². The van der Waals surface area contributed by atoms with Crippen molar-refractivity contribution in [1.29, 1.82) is 0 Å². The molecule has 0 unspecified atom stereocenters. The Bertz CT molecular complexity index is 543. The number of benzene rings is 1. The number of carbonyl (C=O) groups excluding carboxylic acids is 1. The highest BCUT2D eigenvalue weighted by atomic mass is 16.5. The standard InChI is InChI=1S/C12H10N2O2/c13-12(15)9-3-5-10(6-4-9)16-11-2-1-7-14-8-11/h1-8H,(H2,13,15)/i3D. The highest BCUT2D eigenvalue weighted by Gasteiger charge is 2.00. The number of nitrogens with two attached hydrogens (primary N) is 1. The monoisotopic (exact) mass is 215 g/mol. The second kappa shape index (κ2) is 4.44. The van der Waals surface area contributed by atoms with Crippen molar-refractivity contribution in [2.24, 2.45) is 5.73 Å². The average Bonchev–Trinajstić information content (AvgIpc) is 2.30. The molecule has 0 atom stereocenters. The molecule has 2 aromatic rings. The van der Waals surface area contributed by atoms with Crippen molar-refractivity contribution in [3.05, 3.63) is 54.3 Å². The molecule has 1 aromatic heterocycles. The van der Waals surface area contributed by atoms with Gasteiger partial charge in [-0.15, -0.1) is 0 Å². The molecule has 0 radical (unpaired) electrons. The summed E-state index contributed by atoms with van der Waals surface area (Å²) < 4.78 is 13.1. The summed E-state index contributed by atoms with van der Waals surface area (Å²) in [6.45, 7) is 0. The first-order chi connectivity index (χ1) is 8.16. The van der Waals surface area contributed by atoms with Crippen molar-refractivity contribution >= 4 is 5.91 Å². The van der Waals surface area contributed by atoms with Crippen molar-refractivity contribution in [2.45, 2.75) is 0 Å². The van der Waals surface area contributed by atoms with Crippen LogP contribution < -0.4 is 10.5 Å². The van der Waals surface area contributed by atoms with Crippen LogP contribution in [0.15, 0.2) is 48.8 Å². The van der Waals surface area contributed by atoms with Gasteiger partial charge < -0.3 is 10.5 Å². The van der Waals surface area contributed by atoms with E-state index in [1.54, 1.807) is 30.6 Å². The molecule has 1 amide bonds. The van der Waals surface area contributed by atoms with Crippen molar-refractivity contribution in [3.8, 4) is 11.5 Å². The predicted molar refractivity (Wildman–Crippen MR) is 59.3 cm³/mol. The van der Waals surface area contributed by atoms with E-state index in [-0.39, 0.29) is 11.6 Å². The first-order valence-electron chi connectivity index (χ1n) is 5.15. The molecule has 0 saturated heterocycles. The Labute approximate surface area is 94.1 Å². The lowest BCUT2D eigenvalue weighted by molar-refractivity contribution is 0.100. The van der Waals surface area contributed by atoms with Crippen LogP contribution in [0.4, 0.5) is 0 Å². The maximum absolute atomic E-state index is 10.9. The number of nitrogens with zero attached hydrogens (tertiary/aromatic N) is 1. The van der Waals surface area contributed by atoms with E-state index in [4.69, 9.17) is 11.8 Å². The summed E-state index contributed by atoms with van der Waals surface area (Å²) in [4.78, 5) is 14.8. The largest absolute Gasteiger partial charge is 0.456 e. The summed E-state index contributed by atoms with van der Waals surface area (Å²) >= 11 is 0. The molecule has 1 heterocycles. The average molecular weight is 215 g/mol. The van der Waals surface area contributed by atoms with E-state index in [1.165, 1.54) is 12.1 Å². The van der Waals surface area contributed by atoms with Gasteiger partial charge in [-0.2, -0.15) is 0 Å². The van der Waals surface area contributed by atoms with Crippen LogP contribution in [0.3, 0.4) is 0 Å². The van der Waals surface area contributed by atoms with Crippen molar-refractivity contribution < 1.29 is 10.9 Å². The minimum Gasteiger partial charge on any atom is -0.456 e. The fourth-order valence-electron chi connectivity index (χ4n) is 1.17. The second-order valence-electron chi connectivity index (χ2n) is 3.09. The van der Waals surface area contributed by atoms with Gasteiger partial charge in [0.1, 0.15) is 11.5 Å². The van der Waals surface area contributed by atoms with Crippen molar-refractivity contribution in [2.75, 3.05) is 0 Å². The Morgan fingerprint density at radius 2 is 2.19 bits per heavy atom. The molecular formula is C12H10N2O2. The number of aromatic nitrogens is 1. The highest BCUT2D eigenvalue weighted by Crippen LogP contribution is 2.20. The topological polar surface area (TPSA) is 65.2 Å². The van der Waals surface area contributed by atoms with E-state index in [0.29, 0.717) is 11.5 Å². The zero-order valence-electron chi connectivity index (χ0n) is 9.38. The molecule has 0 saturated carbocycles. The lowest BCUT2D eigenvalue weighted by atomic mass is 10.2. The molecule has 4 heteroatoms. The summed E-state index contributed by atoms with van der Waals surface area (Å²) in [5, 5.41) is 0. The smallest absolute Gasteiger partial charge is 0.248 e. The number of primary amides is 1. The van der Waals surface area contributed by atoms with Gasteiger partial charge in [0.15, 0.2) is 0 Å². The predicted octanol–water partition coefficient (Wildman–Crippen LogP) is 1.97. The van der Waals surface area contributed by atoms with Crippen LogP contribution in [0.1, 0.15) is 11.7 Å². The van der Waals surface area contributed by atoms with Crippen molar-refractivity contribution in [1.82, 2.24) is 4.98 Å². The van der Waals surface area contributed by atoms with Gasteiger partial charge in [0.2, 0.25) is 5.91 Å². The zero-order chi connectivity index (χ0) is 12.3. The molecule has 2 N–H and O–H groups in total. The number of amides is 1. The molecule has 1 aromatic carbocycles. The second-order valence-corrected chi connectivity index (χ2v) is 3.09. The summed E-state index contributed by atoms with van der Waals surface area (Å²) in [5.41, 5.74) is 5.28. The normalized spacial score (nSPS) is 10.6. The van der Waals surface area contributed by atoms with Gasteiger partial charge >= 0.3 is 0 Å². The molecule has 0 aliphatic carbocycles. The zero-order valence-corrected chi connectivity index (χ0v) is 8.38. The quantitative estimate of drug-likeness (QED) is 0.851. The van der Waals surface area contributed by atoms with Gasteiger partial charge in [0, 0.05) is 11.8 Å². The number of pyridine rings is 1. The molecule has 0 fully saturated rings. The first-order valence-corrected chi connectivity index (χ1v) is 4.65. The lowest BCUT2D eigenvalue weighted by Crippen LogP contribution is -2.10. The summed E-state index contributed by atoms with van der Waals surface area (Å²) in [5.74, 6) is 0.412. The Balaban J connectivity index is 2.24. The molecule has 2 rings (SSSR count). The Hall–Kier alpha value is -2.36. The Kier molecular flexibility index (Phi) is 2.47. The Morgan fingerprint density at radius 1 is 1.31 bits per heavy atom. The van der Waals surface area contributed by atoms with E-state index < -0.39 is 5.91 Å². The van der Waals surface area contributed by atoms with E-state index in [1.807, 2.05) is 0 Å². The van der Waals surface area contributed by atoms with Crippen LogP contribution in [0.25, 0.3) is 0 Å². The number of rotatable bonds is 3. The molecule has 0 spiro atoms. The van der Waals surface area contributed by atoms with E-state index >= 15 is 0 Å². The van der Waals surface area contributed by atoms with E-state index in [0.717, 1.165) is 0 Å². The molecule has 0 aliphatic heterocycles. The third-order valence-corrected chi connectivity index (χ3v) is 1.92. The van der Waals surface area contributed by atoms with Crippen LogP contribution in [0.2, 0.25) is 0 Å². The van der Waals surface area contributed by atoms with Crippen LogP contribution in [-0.4, -0.2) is 10.9 Å². The van der Waals surface area contributed by atoms with Gasteiger partial charge in [-0.1, -0.05) is 0 Å². The van der Waals surface area contributed by atoms with Crippen molar-refractivity contribution in [3.63, 3.8) is 0 Å². The molecule has 16 heavy (non-hydrogen) atoms. The third kappa shape index (κ3) is 2.36. The van der Waals surface area contributed by atoms with E-state index in [9.17, 15) is 4.79 Å². The molecule has 4 nitrogen and oxygen atoms in total. The first kappa shape index (κ1) is 8.91. The minimum absolute atomic E-state index is 0.0406. The maximum atomic E-state index is 10.9. The number of ether oxygens (including phenoxy) is 1. The number of hydrogen-bond donors (Lipinski definition) is 1. The molecule has 0 aliphatic rings. The summed E-state index contributed by atoms with van der Waals surface area (Å²) in [6.07, 6.45) is 3.20. The fraction of sp³-hybridized carbons (Fsp3) is 0. The molecule has 0 bridgehead atoms. The fourth-order valence-corrected chi connectivity index (χ4v) is 1.17. The minimum atomic E-state index is -0.622. The van der Waals surface area contributed by atoms with Crippen LogP contribution in [0.5, 0.6) is 11.5 Å². The van der Waals surface area contributed by atoms with Gasteiger partial charge in [0.25, 0.3) is 0 Å². The van der Waals surface area contributed by atoms with Crippen LogP contribution in [-0.2, 0) is 0 Å². The van der Waals surface area contributed by atoms with Gasteiger partial charge in [-0.25, -0.2) is 0 Å². The third-order valence-electron chi connectivity index (χ3n) is 1.92. The molecular weight excluding hydrogens is 204 g/mol. The summed E-state index contributed by atoms with van der Waals surface area (Å²) in [7, 11) is 0. The highest BCUT2D eigenvalue weighted by molar-refractivity contribution is 5.92. The van der Waals surface area contributed by atoms with Crippen LogP contribution in [0, 0.1) is 0 Å². The number of carbonyl (C=O) groups is 1.